The highest BCUT2D eigenvalue weighted by atomic mass is 14.9. The van der Waals surface area contributed by atoms with Crippen molar-refractivity contribution in [2.75, 3.05) is 0 Å². The van der Waals surface area contributed by atoms with Crippen LogP contribution in [0.1, 0.15) is 51.1 Å². The zero-order valence-electron chi connectivity index (χ0n) is 20.7. The highest BCUT2D eigenvalue weighted by Crippen LogP contribution is 2.37. The van der Waals surface area contributed by atoms with Gasteiger partial charge in [-0.2, -0.15) is 0 Å². The van der Waals surface area contributed by atoms with Gasteiger partial charge in [-0.3, -0.25) is 0 Å². The Kier molecular flexibility index (Phi) is 5.32. The Hall–Kier alpha value is -3.26. The topological polar surface area (TPSA) is 9.86 Å². The van der Waals surface area contributed by atoms with Crippen molar-refractivity contribution >= 4 is 54.1 Å². The third kappa shape index (κ3) is 3.31. The Morgan fingerprint density at radius 3 is 1.85 bits per heavy atom. The molecular weight excluding hydrogens is 412 g/mol. The van der Waals surface area contributed by atoms with Gasteiger partial charge in [0.1, 0.15) is 0 Å². The van der Waals surface area contributed by atoms with E-state index in [1.165, 1.54) is 105 Å². The first-order valence-electron chi connectivity index (χ1n) is 13.0. The average Bonchev–Trinajstić information content (AvgIpc) is 3.40. The minimum atomic E-state index is 1.17. The molecule has 0 atom stereocenters. The Balaban J connectivity index is 1.45. The molecule has 34 heavy (non-hydrogen) atoms. The molecule has 0 spiro atoms. The molecule has 0 saturated carbocycles. The van der Waals surface area contributed by atoms with Crippen molar-refractivity contribution in [3.8, 4) is 0 Å². The molecule has 0 aliphatic carbocycles. The molecule has 6 aromatic rings. The van der Waals surface area contributed by atoms with Crippen LogP contribution < -0.4 is 0 Å². The summed E-state index contributed by atoms with van der Waals surface area (Å²) in [6, 6.07) is 23.2. The highest BCUT2D eigenvalue weighted by molar-refractivity contribution is 6.24. The zero-order valence-corrected chi connectivity index (χ0v) is 20.7. The van der Waals surface area contributed by atoms with E-state index in [9.17, 15) is 0 Å². The van der Waals surface area contributed by atoms with Gasteiger partial charge in [0.25, 0.3) is 0 Å². The largest absolute Gasteiger partial charge is 0.350 e. The summed E-state index contributed by atoms with van der Waals surface area (Å²) in [6.07, 6.45) is 11.4. The third-order valence-corrected chi connectivity index (χ3v) is 7.91. The van der Waals surface area contributed by atoms with Gasteiger partial charge >= 0.3 is 0 Å². The van der Waals surface area contributed by atoms with Crippen LogP contribution in [-0.2, 0) is 20.5 Å². The van der Waals surface area contributed by atoms with Gasteiger partial charge in [0.2, 0.25) is 0 Å². The second-order valence-corrected chi connectivity index (χ2v) is 10.1. The maximum atomic E-state index is 2.45. The molecule has 0 fully saturated rings. The summed E-state index contributed by atoms with van der Waals surface area (Å²) in [5.74, 6) is 0. The highest BCUT2D eigenvalue weighted by Gasteiger charge is 2.13. The lowest BCUT2D eigenvalue weighted by Gasteiger charge is -2.11. The molecule has 0 unspecified atom stereocenters. The SMILES string of the molecule is CCCCCCCCc1cc2ccc3c4ccc5c(ccc6ccn(C)c65)c4ccc3c2n1C. The summed E-state index contributed by atoms with van der Waals surface area (Å²) < 4.78 is 4.69. The molecule has 2 heterocycles. The first kappa shape index (κ1) is 21.3. The van der Waals surface area contributed by atoms with Crippen LogP contribution in [0.5, 0.6) is 0 Å². The van der Waals surface area contributed by atoms with Crippen LogP contribution in [0, 0.1) is 0 Å². The average molecular weight is 447 g/mol. The predicted molar refractivity (Wildman–Crippen MR) is 149 cm³/mol. The van der Waals surface area contributed by atoms with Gasteiger partial charge in [-0.15, -0.1) is 0 Å². The molecule has 0 bridgehead atoms. The minimum absolute atomic E-state index is 1.17. The Morgan fingerprint density at radius 1 is 0.559 bits per heavy atom. The van der Waals surface area contributed by atoms with Crippen molar-refractivity contribution < 1.29 is 0 Å². The molecule has 0 radical (unpaired) electrons. The van der Waals surface area contributed by atoms with E-state index in [4.69, 9.17) is 0 Å². The molecule has 0 aliphatic heterocycles. The molecule has 172 valence electrons. The minimum Gasteiger partial charge on any atom is -0.350 e. The molecule has 0 amide bonds. The van der Waals surface area contributed by atoms with Gasteiger partial charge in [-0.1, -0.05) is 87.6 Å². The van der Waals surface area contributed by atoms with E-state index in [0.29, 0.717) is 0 Å². The molecular formula is C32H34N2. The third-order valence-electron chi connectivity index (χ3n) is 7.91. The fourth-order valence-electron chi connectivity index (χ4n) is 6.07. The Labute approximate surface area is 201 Å². The quantitative estimate of drug-likeness (QED) is 0.171. The van der Waals surface area contributed by atoms with Crippen LogP contribution in [0.25, 0.3) is 54.1 Å². The number of unbranched alkanes of at least 4 members (excludes halogenated alkanes) is 5. The molecule has 2 aromatic heterocycles. The number of rotatable bonds is 7. The molecule has 2 heteroatoms. The van der Waals surface area contributed by atoms with Crippen molar-refractivity contribution in [2.24, 2.45) is 14.1 Å². The summed E-state index contributed by atoms with van der Waals surface area (Å²) in [5.41, 5.74) is 4.15. The summed E-state index contributed by atoms with van der Waals surface area (Å²) in [7, 11) is 4.40. The Bertz CT molecular complexity index is 1660. The van der Waals surface area contributed by atoms with Crippen LogP contribution >= 0.6 is 0 Å². The molecule has 0 N–H and O–H groups in total. The van der Waals surface area contributed by atoms with Crippen LogP contribution in [0.3, 0.4) is 0 Å². The van der Waals surface area contributed by atoms with E-state index in [1.807, 2.05) is 0 Å². The van der Waals surface area contributed by atoms with Crippen LogP contribution in [0.4, 0.5) is 0 Å². The number of benzene rings is 4. The lowest BCUT2D eigenvalue weighted by Crippen LogP contribution is -1.97. The lowest BCUT2D eigenvalue weighted by molar-refractivity contribution is 0.601. The van der Waals surface area contributed by atoms with Gasteiger partial charge in [0, 0.05) is 47.5 Å². The summed E-state index contributed by atoms with van der Waals surface area (Å²) in [5, 5.41) is 10.7. The number of nitrogens with zero attached hydrogens (tertiary/aromatic N) is 2. The van der Waals surface area contributed by atoms with Crippen molar-refractivity contribution in [3.05, 3.63) is 72.6 Å². The van der Waals surface area contributed by atoms with E-state index in [0.717, 1.165) is 0 Å². The van der Waals surface area contributed by atoms with Crippen LogP contribution in [0.2, 0.25) is 0 Å². The van der Waals surface area contributed by atoms with Gasteiger partial charge in [0.15, 0.2) is 0 Å². The number of aromatic nitrogens is 2. The predicted octanol–water partition coefficient (Wildman–Crippen LogP) is 9.03. The van der Waals surface area contributed by atoms with E-state index in [-0.39, 0.29) is 0 Å². The normalized spacial score (nSPS) is 12.2. The fraction of sp³-hybridized carbons (Fsp3) is 0.312. The van der Waals surface area contributed by atoms with Gasteiger partial charge in [0.05, 0.1) is 11.0 Å². The van der Waals surface area contributed by atoms with E-state index in [1.54, 1.807) is 0 Å². The van der Waals surface area contributed by atoms with E-state index < -0.39 is 0 Å². The molecule has 4 aromatic carbocycles. The van der Waals surface area contributed by atoms with Gasteiger partial charge < -0.3 is 9.13 Å². The summed E-state index contributed by atoms with van der Waals surface area (Å²) in [6.45, 7) is 2.29. The van der Waals surface area contributed by atoms with Crippen LogP contribution in [-0.4, -0.2) is 9.13 Å². The van der Waals surface area contributed by atoms with E-state index in [2.05, 4.69) is 97.0 Å². The lowest BCUT2D eigenvalue weighted by atomic mass is 9.95. The fourth-order valence-corrected chi connectivity index (χ4v) is 6.07. The monoisotopic (exact) mass is 446 g/mol. The van der Waals surface area contributed by atoms with E-state index >= 15 is 0 Å². The molecule has 0 aliphatic rings. The smallest absolute Gasteiger partial charge is 0.0559 e. The van der Waals surface area contributed by atoms with Crippen molar-refractivity contribution in [2.45, 2.75) is 51.9 Å². The van der Waals surface area contributed by atoms with Gasteiger partial charge in [-0.05, 0) is 46.5 Å². The number of hydrogen-bond acceptors (Lipinski definition) is 0. The number of fused-ring (bicyclic) bond motifs is 9. The summed E-state index contributed by atoms with van der Waals surface area (Å²) >= 11 is 0. The molecule has 0 saturated heterocycles. The summed E-state index contributed by atoms with van der Waals surface area (Å²) in [4.78, 5) is 0. The molecule has 2 nitrogen and oxygen atoms in total. The number of hydrogen-bond donors (Lipinski definition) is 0. The standard InChI is InChI=1S/C32H34N2/c1-4-5-6-7-8-9-10-24-21-23-12-14-28-26-15-17-29-27(13-11-22-19-20-33(2)31(22)29)25(26)16-18-30(28)32(23)34(24)3/h11-21H,4-10H2,1-3H3. The van der Waals surface area contributed by atoms with Crippen molar-refractivity contribution in [1.29, 1.82) is 0 Å². The second kappa shape index (κ2) is 8.51. The van der Waals surface area contributed by atoms with Crippen molar-refractivity contribution in [3.63, 3.8) is 0 Å². The maximum absolute atomic E-state index is 2.45. The first-order valence-corrected chi connectivity index (χ1v) is 13.0. The second-order valence-electron chi connectivity index (χ2n) is 10.1. The van der Waals surface area contributed by atoms with Gasteiger partial charge in [-0.25, -0.2) is 0 Å². The zero-order chi connectivity index (χ0) is 23.2. The Morgan fingerprint density at radius 2 is 1.12 bits per heavy atom. The van der Waals surface area contributed by atoms with Crippen LogP contribution in [0.15, 0.2) is 66.9 Å². The maximum Gasteiger partial charge on any atom is 0.0559 e. The molecule has 6 rings (SSSR count). The number of aryl methyl sites for hydroxylation is 3. The first-order chi connectivity index (χ1) is 16.7. The van der Waals surface area contributed by atoms with Crippen molar-refractivity contribution in [1.82, 2.24) is 9.13 Å².